The second kappa shape index (κ2) is 9.90. The molecule has 1 aliphatic heterocycles. The van der Waals surface area contributed by atoms with Crippen LogP contribution < -0.4 is 10.6 Å². The minimum absolute atomic E-state index is 0.634. The standard InChI is InChI=1S/C31H35N5/c1-21-6-5-7-29(22(21)2)33-27-13-9-25-20-32-31(35-30(25)19-27)34-26-12-8-23-10-14-28(15-11-24(23)18-26)36-16-3-4-17-36/h5-9,12-13,18-20,28,33H,3-4,10-11,14-17H2,1-2H3,(H,32,34,35). The van der Waals surface area contributed by atoms with Crippen LogP contribution >= 0.6 is 0 Å². The third kappa shape index (κ3) is 4.80. The number of anilines is 4. The van der Waals surface area contributed by atoms with Crippen LogP contribution in [-0.2, 0) is 12.8 Å². The SMILES string of the molecule is Cc1cccc(Nc2ccc3cnc(Nc4ccc5c(c4)CCC(N4CCCC4)CC5)nc3c2)c1C. The molecule has 1 unspecified atom stereocenters. The van der Waals surface area contributed by atoms with Crippen molar-refractivity contribution in [1.29, 1.82) is 0 Å². The first kappa shape index (κ1) is 23.0. The zero-order valence-electron chi connectivity index (χ0n) is 21.3. The first-order valence-electron chi connectivity index (χ1n) is 13.4. The van der Waals surface area contributed by atoms with Gasteiger partial charge in [0.2, 0.25) is 5.95 Å². The van der Waals surface area contributed by atoms with Gasteiger partial charge in [-0.2, -0.15) is 0 Å². The van der Waals surface area contributed by atoms with E-state index < -0.39 is 0 Å². The summed E-state index contributed by atoms with van der Waals surface area (Å²) in [4.78, 5) is 12.1. The summed E-state index contributed by atoms with van der Waals surface area (Å²) in [6, 6.07) is 20.1. The largest absolute Gasteiger partial charge is 0.355 e. The first-order valence-corrected chi connectivity index (χ1v) is 13.4. The molecule has 5 heteroatoms. The van der Waals surface area contributed by atoms with E-state index in [1.54, 1.807) is 0 Å². The molecule has 36 heavy (non-hydrogen) atoms. The summed E-state index contributed by atoms with van der Waals surface area (Å²) in [6.07, 6.45) is 9.51. The van der Waals surface area contributed by atoms with Crippen LogP contribution in [0.1, 0.15) is 47.9 Å². The van der Waals surface area contributed by atoms with Crippen LogP contribution in [0.5, 0.6) is 0 Å². The number of aromatic nitrogens is 2. The lowest BCUT2D eigenvalue weighted by Crippen LogP contribution is -2.32. The van der Waals surface area contributed by atoms with E-state index >= 15 is 0 Å². The molecule has 5 nitrogen and oxygen atoms in total. The predicted molar refractivity (Wildman–Crippen MR) is 150 cm³/mol. The average Bonchev–Trinajstić information content (AvgIpc) is 3.34. The van der Waals surface area contributed by atoms with E-state index in [1.165, 1.54) is 67.4 Å². The Bertz CT molecular complexity index is 1390. The molecule has 1 saturated heterocycles. The fourth-order valence-corrected chi connectivity index (χ4v) is 5.77. The maximum atomic E-state index is 4.84. The van der Waals surface area contributed by atoms with Crippen molar-refractivity contribution < 1.29 is 0 Å². The van der Waals surface area contributed by atoms with Gasteiger partial charge in [-0.1, -0.05) is 18.2 Å². The number of rotatable bonds is 5. The molecule has 0 radical (unpaired) electrons. The Balaban J connectivity index is 1.19. The molecule has 2 N–H and O–H groups in total. The summed E-state index contributed by atoms with van der Waals surface area (Å²) in [5.41, 5.74) is 9.66. The fraction of sp³-hybridized carbons (Fsp3) is 0.355. The van der Waals surface area contributed by atoms with Crippen molar-refractivity contribution >= 4 is 33.9 Å². The molecule has 3 aromatic carbocycles. The van der Waals surface area contributed by atoms with Gasteiger partial charge in [0, 0.05) is 34.7 Å². The van der Waals surface area contributed by atoms with Gasteiger partial charge in [-0.3, -0.25) is 0 Å². The molecule has 2 heterocycles. The van der Waals surface area contributed by atoms with E-state index in [9.17, 15) is 0 Å². The van der Waals surface area contributed by atoms with E-state index in [0.29, 0.717) is 5.95 Å². The van der Waals surface area contributed by atoms with Crippen molar-refractivity contribution in [3.8, 4) is 0 Å². The molecule has 1 aromatic heterocycles. The molecule has 2 aliphatic rings. The maximum Gasteiger partial charge on any atom is 0.227 e. The van der Waals surface area contributed by atoms with Gasteiger partial charge in [0.05, 0.1) is 5.52 Å². The van der Waals surface area contributed by atoms with Crippen molar-refractivity contribution in [2.24, 2.45) is 0 Å². The number of hydrogen-bond acceptors (Lipinski definition) is 5. The summed E-state index contributed by atoms with van der Waals surface area (Å²) in [5.74, 6) is 0.634. The topological polar surface area (TPSA) is 53.1 Å². The second-order valence-electron chi connectivity index (χ2n) is 10.4. The Morgan fingerprint density at radius 2 is 1.61 bits per heavy atom. The van der Waals surface area contributed by atoms with Crippen molar-refractivity contribution in [3.63, 3.8) is 0 Å². The molecule has 0 amide bonds. The summed E-state index contributed by atoms with van der Waals surface area (Å²) in [6.45, 7) is 6.86. The molecule has 1 aliphatic carbocycles. The summed E-state index contributed by atoms with van der Waals surface area (Å²) in [7, 11) is 0. The molecule has 0 spiro atoms. The van der Waals surface area contributed by atoms with Crippen molar-refractivity contribution in [3.05, 3.63) is 83.0 Å². The number of fused-ring (bicyclic) bond motifs is 2. The van der Waals surface area contributed by atoms with Crippen molar-refractivity contribution in [2.45, 2.75) is 58.4 Å². The first-order chi connectivity index (χ1) is 17.6. The zero-order chi connectivity index (χ0) is 24.5. The van der Waals surface area contributed by atoms with Gasteiger partial charge in [0.15, 0.2) is 0 Å². The Hall–Kier alpha value is -3.44. The third-order valence-electron chi connectivity index (χ3n) is 8.08. The molecule has 1 atom stereocenters. The predicted octanol–water partition coefficient (Wildman–Crippen LogP) is 7.08. The quantitative estimate of drug-likeness (QED) is 0.301. The molecule has 0 saturated carbocycles. The molecule has 6 rings (SSSR count). The molecule has 184 valence electrons. The van der Waals surface area contributed by atoms with E-state index in [4.69, 9.17) is 4.98 Å². The van der Waals surface area contributed by atoms with Crippen molar-refractivity contribution in [2.75, 3.05) is 23.7 Å². The van der Waals surface area contributed by atoms with Crippen LogP contribution in [0.4, 0.5) is 23.0 Å². The minimum atomic E-state index is 0.634. The lowest BCUT2D eigenvalue weighted by molar-refractivity contribution is 0.222. The summed E-state index contributed by atoms with van der Waals surface area (Å²) in [5, 5.41) is 8.05. The van der Waals surface area contributed by atoms with Gasteiger partial charge in [0.25, 0.3) is 0 Å². The number of likely N-dealkylation sites (tertiary alicyclic amines) is 1. The molecule has 4 aromatic rings. The van der Waals surface area contributed by atoms with Gasteiger partial charge >= 0.3 is 0 Å². The highest BCUT2D eigenvalue weighted by molar-refractivity contribution is 5.84. The molecule has 0 bridgehead atoms. The van der Waals surface area contributed by atoms with Gasteiger partial charge in [-0.05, 0) is 124 Å². The number of nitrogens with zero attached hydrogens (tertiary/aromatic N) is 3. The monoisotopic (exact) mass is 477 g/mol. The molecule has 1 fully saturated rings. The minimum Gasteiger partial charge on any atom is -0.355 e. The normalized spacial score (nSPS) is 18.1. The highest BCUT2D eigenvalue weighted by atomic mass is 15.2. The van der Waals surface area contributed by atoms with Gasteiger partial charge < -0.3 is 15.5 Å². The van der Waals surface area contributed by atoms with Crippen LogP contribution in [0.25, 0.3) is 10.9 Å². The molecular weight excluding hydrogens is 442 g/mol. The van der Waals surface area contributed by atoms with E-state index in [-0.39, 0.29) is 0 Å². The van der Waals surface area contributed by atoms with Gasteiger partial charge in [-0.25, -0.2) is 9.97 Å². The Morgan fingerprint density at radius 3 is 2.47 bits per heavy atom. The number of aryl methyl sites for hydroxylation is 3. The Kier molecular flexibility index (Phi) is 6.32. The summed E-state index contributed by atoms with van der Waals surface area (Å²) < 4.78 is 0. The van der Waals surface area contributed by atoms with Crippen molar-refractivity contribution in [1.82, 2.24) is 14.9 Å². The zero-order valence-corrected chi connectivity index (χ0v) is 21.3. The highest BCUT2D eigenvalue weighted by Crippen LogP contribution is 2.29. The fourth-order valence-electron chi connectivity index (χ4n) is 5.77. The van der Waals surface area contributed by atoms with Crippen LogP contribution in [0.15, 0.2) is 60.8 Å². The van der Waals surface area contributed by atoms with Crippen LogP contribution in [-0.4, -0.2) is 34.0 Å². The average molecular weight is 478 g/mol. The van der Waals surface area contributed by atoms with E-state index in [1.807, 2.05) is 6.20 Å². The van der Waals surface area contributed by atoms with E-state index in [2.05, 4.69) is 89.0 Å². The number of nitrogens with one attached hydrogen (secondary N) is 2. The number of benzene rings is 3. The van der Waals surface area contributed by atoms with E-state index in [0.717, 1.165) is 40.4 Å². The van der Waals surface area contributed by atoms with Gasteiger partial charge in [-0.15, -0.1) is 0 Å². The Morgan fingerprint density at radius 1 is 0.833 bits per heavy atom. The maximum absolute atomic E-state index is 4.84. The smallest absolute Gasteiger partial charge is 0.227 e. The Labute approximate surface area is 214 Å². The summed E-state index contributed by atoms with van der Waals surface area (Å²) >= 11 is 0. The highest BCUT2D eigenvalue weighted by Gasteiger charge is 2.24. The lowest BCUT2D eigenvalue weighted by Gasteiger charge is -2.25. The van der Waals surface area contributed by atoms with Gasteiger partial charge in [0.1, 0.15) is 0 Å². The second-order valence-corrected chi connectivity index (χ2v) is 10.4. The molecular formula is C31H35N5. The number of hydrogen-bond donors (Lipinski definition) is 2. The lowest BCUT2D eigenvalue weighted by atomic mass is 10.0. The third-order valence-corrected chi connectivity index (χ3v) is 8.08. The van der Waals surface area contributed by atoms with Crippen LogP contribution in [0, 0.1) is 13.8 Å². The van der Waals surface area contributed by atoms with Crippen LogP contribution in [0.3, 0.4) is 0 Å². The van der Waals surface area contributed by atoms with Crippen LogP contribution in [0.2, 0.25) is 0 Å².